The van der Waals surface area contributed by atoms with E-state index >= 15 is 0 Å². The number of allylic oxidation sites excluding steroid dienone is 3. The summed E-state index contributed by atoms with van der Waals surface area (Å²) in [5.74, 6) is -0.444. The van der Waals surface area contributed by atoms with Crippen molar-refractivity contribution in [1.29, 1.82) is 5.41 Å². The molecular weight excluding hydrogens is 314 g/mol. The number of carbonyl (C=O) groups excluding carboxylic acids is 1. The fourth-order valence-electron chi connectivity index (χ4n) is 2.24. The Bertz CT molecular complexity index is 680. The summed E-state index contributed by atoms with van der Waals surface area (Å²) in [5, 5.41) is 11.5. The van der Waals surface area contributed by atoms with Crippen molar-refractivity contribution in [3.8, 4) is 0 Å². The highest BCUT2D eigenvalue weighted by Gasteiger charge is 2.25. The molecule has 0 aliphatic heterocycles. The highest BCUT2D eigenvalue weighted by Crippen LogP contribution is 2.35. The van der Waals surface area contributed by atoms with E-state index < -0.39 is 5.82 Å². The van der Waals surface area contributed by atoms with Crippen LogP contribution in [0.3, 0.4) is 0 Å². The van der Waals surface area contributed by atoms with Gasteiger partial charge in [-0.1, -0.05) is 23.2 Å². The van der Waals surface area contributed by atoms with Crippen LogP contribution in [0.4, 0.5) is 4.39 Å². The first kappa shape index (κ1) is 15.7. The van der Waals surface area contributed by atoms with Crippen molar-refractivity contribution < 1.29 is 9.18 Å². The molecule has 1 aromatic rings. The molecule has 0 saturated carbocycles. The average Bonchev–Trinajstić information content (AvgIpc) is 2.46. The van der Waals surface area contributed by atoms with Gasteiger partial charge in [0, 0.05) is 29.5 Å². The number of hydrogen-bond acceptors (Lipinski definition) is 3. The minimum absolute atomic E-state index is 0.214. The van der Waals surface area contributed by atoms with Gasteiger partial charge in [0.1, 0.15) is 12.1 Å². The quantitative estimate of drug-likeness (QED) is 0.827. The Labute approximate surface area is 131 Å². The fraction of sp³-hybridized carbons (Fsp3) is 0.200. The van der Waals surface area contributed by atoms with E-state index in [0.717, 1.165) is 0 Å². The number of hydrogen-bond donors (Lipinski definition) is 2. The number of aldehydes is 1. The second-order valence-corrected chi connectivity index (χ2v) is 5.34. The Kier molecular flexibility index (Phi) is 4.80. The van der Waals surface area contributed by atoms with Crippen molar-refractivity contribution in [3.05, 3.63) is 50.8 Å². The van der Waals surface area contributed by atoms with Crippen LogP contribution >= 0.6 is 23.2 Å². The van der Waals surface area contributed by atoms with Gasteiger partial charge in [-0.3, -0.25) is 4.79 Å². The lowest BCUT2D eigenvalue weighted by atomic mass is 9.90. The zero-order valence-corrected chi connectivity index (χ0v) is 12.8. The van der Waals surface area contributed by atoms with Gasteiger partial charge in [-0.2, -0.15) is 0 Å². The van der Waals surface area contributed by atoms with Gasteiger partial charge in [0.2, 0.25) is 0 Å². The summed E-state index contributed by atoms with van der Waals surface area (Å²) in [5.41, 5.74) is 1.95. The maximum Gasteiger partial charge on any atom is 0.147 e. The third kappa shape index (κ3) is 3.01. The molecule has 1 aliphatic carbocycles. The minimum Gasteiger partial charge on any atom is -0.387 e. The lowest BCUT2D eigenvalue weighted by Gasteiger charge is -2.22. The predicted octanol–water partition coefficient (Wildman–Crippen LogP) is 3.91. The summed E-state index contributed by atoms with van der Waals surface area (Å²) in [6.07, 6.45) is 1.52. The summed E-state index contributed by atoms with van der Waals surface area (Å²) < 4.78 is 13.5. The third-order valence-corrected chi connectivity index (χ3v) is 4.05. The molecule has 0 radical (unpaired) electrons. The largest absolute Gasteiger partial charge is 0.387 e. The fourth-order valence-corrected chi connectivity index (χ4v) is 2.80. The third-order valence-electron chi connectivity index (χ3n) is 3.29. The highest BCUT2D eigenvalue weighted by molar-refractivity contribution is 6.39. The van der Waals surface area contributed by atoms with Crippen LogP contribution in [0.25, 0.3) is 5.70 Å². The zero-order chi connectivity index (χ0) is 15.6. The van der Waals surface area contributed by atoms with Crippen LogP contribution in [0.15, 0.2) is 34.4 Å². The Morgan fingerprint density at radius 3 is 2.71 bits per heavy atom. The Hall–Kier alpha value is -1.65. The van der Waals surface area contributed by atoms with Crippen LogP contribution in [0.5, 0.6) is 0 Å². The molecule has 0 saturated heterocycles. The van der Waals surface area contributed by atoms with E-state index in [1.807, 2.05) is 0 Å². The molecule has 0 bridgehead atoms. The molecule has 110 valence electrons. The molecule has 0 atom stereocenters. The monoisotopic (exact) mass is 326 g/mol. The van der Waals surface area contributed by atoms with Crippen molar-refractivity contribution >= 4 is 40.9 Å². The second-order valence-electron chi connectivity index (χ2n) is 4.56. The van der Waals surface area contributed by atoms with Gasteiger partial charge in [0.25, 0.3) is 0 Å². The molecule has 0 amide bonds. The first-order chi connectivity index (χ1) is 9.99. The molecule has 21 heavy (non-hydrogen) atoms. The maximum absolute atomic E-state index is 13.5. The molecule has 0 fully saturated rings. The lowest BCUT2D eigenvalue weighted by Crippen LogP contribution is -2.18. The van der Waals surface area contributed by atoms with E-state index in [4.69, 9.17) is 28.6 Å². The van der Waals surface area contributed by atoms with Crippen molar-refractivity contribution in [2.75, 3.05) is 7.05 Å². The predicted molar refractivity (Wildman–Crippen MR) is 83.3 cm³/mol. The van der Waals surface area contributed by atoms with Crippen molar-refractivity contribution in [3.63, 3.8) is 0 Å². The van der Waals surface area contributed by atoms with Gasteiger partial charge in [0.15, 0.2) is 0 Å². The number of nitrogens with one attached hydrogen (secondary N) is 2. The van der Waals surface area contributed by atoms with Gasteiger partial charge in [-0.05, 0) is 31.0 Å². The van der Waals surface area contributed by atoms with Gasteiger partial charge in [-0.25, -0.2) is 4.39 Å². The molecule has 0 spiro atoms. The maximum atomic E-state index is 13.5. The standard InChI is InChI=1S/C15H13Cl2FN2O/c1-20-15(10-6-9(18)3-4-11(10)16)13-12(19)5-2-8(7-21)14(13)17/h3-4,6-7,19-20H,2,5H2,1H3/b15-13+,19-12?. The highest BCUT2D eigenvalue weighted by atomic mass is 35.5. The van der Waals surface area contributed by atoms with E-state index in [1.165, 1.54) is 18.2 Å². The normalized spacial score (nSPS) is 17.8. The van der Waals surface area contributed by atoms with E-state index in [1.54, 1.807) is 7.05 Å². The summed E-state index contributed by atoms with van der Waals surface area (Å²) in [6.45, 7) is 0. The smallest absolute Gasteiger partial charge is 0.147 e. The van der Waals surface area contributed by atoms with Crippen LogP contribution in [0.2, 0.25) is 5.02 Å². The van der Waals surface area contributed by atoms with Crippen molar-refractivity contribution in [1.82, 2.24) is 5.32 Å². The molecule has 0 heterocycles. The van der Waals surface area contributed by atoms with Gasteiger partial charge in [0.05, 0.1) is 15.8 Å². The number of carbonyl (C=O) groups is 1. The molecule has 0 aromatic heterocycles. The Balaban J connectivity index is 2.74. The van der Waals surface area contributed by atoms with Gasteiger partial charge in [-0.15, -0.1) is 0 Å². The van der Waals surface area contributed by atoms with E-state index in [-0.39, 0.29) is 10.7 Å². The second kappa shape index (κ2) is 6.41. The van der Waals surface area contributed by atoms with Crippen LogP contribution in [-0.4, -0.2) is 19.0 Å². The molecule has 1 aromatic carbocycles. The molecule has 0 unspecified atom stereocenters. The molecule has 3 nitrogen and oxygen atoms in total. The number of benzene rings is 1. The Morgan fingerprint density at radius 2 is 2.10 bits per heavy atom. The molecule has 2 rings (SSSR count). The molecule has 1 aliphatic rings. The Morgan fingerprint density at radius 1 is 1.38 bits per heavy atom. The molecule has 2 N–H and O–H groups in total. The molecular formula is C15H13Cl2FN2O. The summed E-state index contributed by atoms with van der Waals surface area (Å²) in [6, 6.07) is 3.97. The average molecular weight is 327 g/mol. The summed E-state index contributed by atoms with van der Waals surface area (Å²) >= 11 is 12.3. The number of halogens is 3. The van der Waals surface area contributed by atoms with Gasteiger partial charge >= 0.3 is 0 Å². The SMILES string of the molecule is CN/C(=C1\C(=N)CCC(C=O)=C1Cl)c1cc(F)ccc1Cl. The van der Waals surface area contributed by atoms with Gasteiger partial charge < -0.3 is 10.7 Å². The topological polar surface area (TPSA) is 53.0 Å². The summed E-state index contributed by atoms with van der Waals surface area (Å²) in [4.78, 5) is 11.0. The van der Waals surface area contributed by atoms with Crippen LogP contribution in [-0.2, 0) is 4.79 Å². The number of rotatable bonds is 3. The first-order valence-corrected chi connectivity index (χ1v) is 7.04. The van der Waals surface area contributed by atoms with E-state index in [2.05, 4.69) is 5.32 Å². The van der Waals surface area contributed by atoms with Crippen LogP contribution < -0.4 is 5.32 Å². The van der Waals surface area contributed by atoms with Crippen LogP contribution in [0.1, 0.15) is 18.4 Å². The van der Waals surface area contributed by atoms with E-state index in [9.17, 15) is 9.18 Å². The van der Waals surface area contributed by atoms with Crippen LogP contribution in [0, 0.1) is 11.2 Å². The molecule has 6 heteroatoms. The lowest BCUT2D eigenvalue weighted by molar-refractivity contribution is -0.105. The van der Waals surface area contributed by atoms with E-state index in [0.29, 0.717) is 46.6 Å². The first-order valence-electron chi connectivity index (χ1n) is 6.29. The zero-order valence-electron chi connectivity index (χ0n) is 11.3. The van der Waals surface area contributed by atoms with Crippen molar-refractivity contribution in [2.24, 2.45) is 0 Å². The van der Waals surface area contributed by atoms with Crippen molar-refractivity contribution in [2.45, 2.75) is 12.8 Å². The minimum atomic E-state index is -0.444. The summed E-state index contributed by atoms with van der Waals surface area (Å²) in [7, 11) is 1.64.